The number of anilines is 2. The number of nitrogens with one attached hydrogen (secondary N) is 2. The molecule has 0 saturated carbocycles. The molecule has 0 aliphatic carbocycles. The number of thiazole rings is 1. The van der Waals surface area contributed by atoms with Crippen molar-refractivity contribution in [3.8, 4) is 0 Å². The fourth-order valence-electron chi connectivity index (χ4n) is 2.88. The minimum atomic E-state index is -0.494. The lowest BCUT2D eigenvalue weighted by atomic mass is 10.2. The fourth-order valence-corrected chi connectivity index (χ4v) is 5.25. The predicted molar refractivity (Wildman–Crippen MR) is 134 cm³/mol. The number of thioether (sulfide) groups is 1. The lowest BCUT2D eigenvalue weighted by molar-refractivity contribution is -0.384. The van der Waals surface area contributed by atoms with Crippen LogP contribution in [0, 0.1) is 10.1 Å². The topological polar surface area (TPSA) is 114 Å². The third-order valence-electron chi connectivity index (χ3n) is 4.43. The van der Waals surface area contributed by atoms with Crippen molar-refractivity contribution in [1.82, 2.24) is 4.98 Å². The molecule has 0 atom stereocenters. The van der Waals surface area contributed by atoms with Gasteiger partial charge in [0.15, 0.2) is 4.34 Å². The summed E-state index contributed by atoms with van der Waals surface area (Å²) in [4.78, 5) is 39.5. The average molecular weight is 543 g/mol. The number of nitrogens with zero attached hydrogens (tertiary/aromatic N) is 2. The van der Waals surface area contributed by atoms with Gasteiger partial charge in [-0.1, -0.05) is 23.9 Å². The first kappa shape index (κ1) is 22.9. The molecule has 0 bridgehead atoms. The molecule has 0 aliphatic rings. The van der Waals surface area contributed by atoms with Gasteiger partial charge in [0.25, 0.3) is 11.6 Å². The largest absolute Gasteiger partial charge is 0.325 e. The van der Waals surface area contributed by atoms with Gasteiger partial charge < -0.3 is 10.6 Å². The van der Waals surface area contributed by atoms with Gasteiger partial charge in [0.05, 0.1) is 26.5 Å². The standard InChI is InChI=1S/C22H15BrN4O4S2/c23-17-4-2-1-3-16(17)21(29)25-14-7-10-18-19(11-14)33-22(26-18)32-12-20(28)24-13-5-8-15(9-6-13)27(30)31/h1-11H,12H2,(H,24,28)(H,25,29). The first-order valence-electron chi connectivity index (χ1n) is 9.52. The van der Waals surface area contributed by atoms with Crippen LogP contribution in [0.1, 0.15) is 10.4 Å². The molecule has 0 fully saturated rings. The van der Waals surface area contributed by atoms with E-state index in [0.717, 1.165) is 14.6 Å². The molecule has 4 rings (SSSR count). The Morgan fingerprint density at radius 3 is 2.48 bits per heavy atom. The van der Waals surface area contributed by atoms with E-state index in [1.807, 2.05) is 24.3 Å². The number of amides is 2. The molecule has 0 unspecified atom stereocenters. The third-order valence-corrected chi connectivity index (χ3v) is 7.29. The van der Waals surface area contributed by atoms with Crippen molar-refractivity contribution in [3.05, 3.63) is 86.9 Å². The van der Waals surface area contributed by atoms with E-state index in [9.17, 15) is 19.7 Å². The number of carbonyl (C=O) groups is 2. The maximum atomic E-state index is 12.5. The van der Waals surface area contributed by atoms with Crippen LogP contribution in [0.15, 0.2) is 75.5 Å². The maximum absolute atomic E-state index is 12.5. The van der Waals surface area contributed by atoms with Crippen LogP contribution in [0.4, 0.5) is 17.1 Å². The third kappa shape index (κ3) is 5.75. The van der Waals surface area contributed by atoms with E-state index in [0.29, 0.717) is 21.4 Å². The number of halogens is 1. The highest BCUT2D eigenvalue weighted by Gasteiger charge is 2.12. The number of hydrogen-bond donors (Lipinski definition) is 2. The Hall–Kier alpha value is -3.28. The summed E-state index contributed by atoms with van der Waals surface area (Å²) in [7, 11) is 0. The number of rotatable bonds is 7. The van der Waals surface area contributed by atoms with Crippen molar-refractivity contribution in [2.75, 3.05) is 16.4 Å². The number of carbonyl (C=O) groups excluding carboxylic acids is 2. The fraction of sp³-hybridized carbons (Fsp3) is 0.0455. The zero-order valence-corrected chi connectivity index (χ0v) is 20.0. The average Bonchev–Trinajstić information content (AvgIpc) is 3.20. The van der Waals surface area contributed by atoms with Gasteiger partial charge in [-0.2, -0.15) is 0 Å². The summed E-state index contributed by atoms with van der Waals surface area (Å²) in [6.45, 7) is 0. The zero-order chi connectivity index (χ0) is 23.4. The predicted octanol–water partition coefficient (Wildman–Crippen LogP) is 5.95. The van der Waals surface area contributed by atoms with E-state index in [1.54, 1.807) is 18.2 Å². The van der Waals surface area contributed by atoms with Gasteiger partial charge in [-0.05, 0) is 58.4 Å². The van der Waals surface area contributed by atoms with Gasteiger partial charge in [-0.25, -0.2) is 4.98 Å². The Morgan fingerprint density at radius 1 is 1.03 bits per heavy atom. The molecular formula is C22H15BrN4O4S2. The summed E-state index contributed by atoms with van der Waals surface area (Å²) in [5, 5.41) is 16.3. The first-order chi connectivity index (χ1) is 15.9. The molecule has 0 spiro atoms. The number of aromatic nitrogens is 1. The number of hydrogen-bond acceptors (Lipinski definition) is 7. The van der Waals surface area contributed by atoms with Gasteiger partial charge in [0.1, 0.15) is 0 Å². The second-order valence-corrected chi connectivity index (χ2v) is 9.84. The van der Waals surface area contributed by atoms with Gasteiger partial charge >= 0.3 is 0 Å². The first-order valence-corrected chi connectivity index (χ1v) is 12.1. The molecule has 0 radical (unpaired) electrons. The molecule has 1 heterocycles. The van der Waals surface area contributed by atoms with Crippen LogP contribution >= 0.6 is 39.0 Å². The summed E-state index contributed by atoms with van der Waals surface area (Å²) in [5.74, 6) is -0.319. The lowest BCUT2D eigenvalue weighted by Crippen LogP contribution is -2.13. The number of nitro benzene ring substituents is 1. The minimum absolute atomic E-state index is 0.0381. The van der Waals surface area contributed by atoms with E-state index in [1.165, 1.54) is 47.4 Å². The summed E-state index contributed by atoms with van der Waals surface area (Å²) >= 11 is 6.10. The Labute approximate surface area is 204 Å². The van der Waals surface area contributed by atoms with E-state index in [2.05, 4.69) is 31.5 Å². The second-order valence-electron chi connectivity index (χ2n) is 6.74. The van der Waals surface area contributed by atoms with Crippen LogP contribution in [0.5, 0.6) is 0 Å². The van der Waals surface area contributed by atoms with E-state index in [4.69, 9.17) is 0 Å². The maximum Gasteiger partial charge on any atom is 0.269 e. The van der Waals surface area contributed by atoms with Crippen LogP contribution < -0.4 is 10.6 Å². The summed E-state index contributed by atoms with van der Waals surface area (Å²) < 4.78 is 2.32. The molecule has 3 aromatic carbocycles. The van der Waals surface area contributed by atoms with Crippen molar-refractivity contribution in [2.24, 2.45) is 0 Å². The summed E-state index contributed by atoms with van der Waals surface area (Å²) in [6, 6.07) is 18.3. The summed E-state index contributed by atoms with van der Waals surface area (Å²) in [6.07, 6.45) is 0. The molecule has 2 N–H and O–H groups in total. The quantitative estimate of drug-likeness (QED) is 0.169. The lowest BCUT2D eigenvalue weighted by Gasteiger charge is -2.06. The van der Waals surface area contributed by atoms with Gasteiger partial charge in [-0.15, -0.1) is 11.3 Å². The number of fused-ring (bicyclic) bond motifs is 1. The smallest absolute Gasteiger partial charge is 0.269 e. The molecule has 2 amide bonds. The Bertz CT molecular complexity index is 1360. The SMILES string of the molecule is O=C(CSc1nc2ccc(NC(=O)c3ccccc3Br)cc2s1)Nc1ccc([N+](=O)[O-])cc1. The normalized spacial score (nSPS) is 10.7. The molecule has 8 nitrogen and oxygen atoms in total. The molecular weight excluding hydrogens is 528 g/mol. The summed E-state index contributed by atoms with van der Waals surface area (Å²) in [5.41, 5.74) is 2.42. The van der Waals surface area contributed by atoms with Gasteiger partial charge in [0, 0.05) is 28.0 Å². The zero-order valence-electron chi connectivity index (χ0n) is 16.8. The van der Waals surface area contributed by atoms with Crippen LogP contribution in [0.2, 0.25) is 0 Å². The van der Waals surface area contributed by atoms with Crippen molar-refractivity contribution in [3.63, 3.8) is 0 Å². The Balaban J connectivity index is 1.37. The van der Waals surface area contributed by atoms with E-state index >= 15 is 0 Å². The van der Waals surface area contributed by atoms with Crippen molar-refractivity contribution in [2.45, 2.75) is 4.34 Å². The molecule has 4 aromatic rings. The molecule has 33 heavy (non-hydrogen) atoms. The Morgan fingerprint density at radius 2 is 1.76 bits per heavy atom. The highest BCUT2D eigenvalue weighted by molar-refractivity contribution is 9.10. The Kier molecular flexibility index (Phi) is 7.02. The highest BCUT2D eigenvalue weighted by Crippen LogP contribution is 2.31. The van der Waals surface area contributed by atoms with Crippen LogP contribution in [0.3, 0.4) is 0 Å². The second kappa shape index (κ2) is 10.1. The van der Waals surface area contributed by atoms with Crippen LogP contribution in [-0.4, -0.2) is 27.5 Å². The van der Waals surface area contributed by atoms with Crippen LogP contribution in [0.25, 0.3) is 10.2 Å². The minimum Gasteiger partial charge on any atom is -0.325 e. The van der Waals surface area contributed by atoms with E-state index < -0.39 is 4.92 Å². The van der Waals surface area contributed by atoms with Gasteiger partial charge in [-0.3, -0.25) is 19.7 Å². The number of benzene rings is 3. The van der Waals surface area contributed by atoms with E-state index in [-0.39, 0.29) is 23.3 Å². The molecule has 1 aromatic heterocycles. The number of non-ortho nitro benzene ring substituents is 1. The van der Waals surface area contributed by atoms with Gasteiger partial charge in [0.2, 0.25) is 5.91 Å². The molecule has 0 aliphatic heterocycles. The number of nitro groups is 1. The monoisotopic (exact) mass is 542 g/mol. The van der Waals surface area contributed by atoms with Crippen molar-refractivity contribution >= 4 is 78.1 Å². The molecule has 11 heteroatoms. The molecule has 166 valence electrons. The van der Waals surface area contributed by atoms with Crippen molar-refractivity contribution < 1.29 is 14.5 Å². The molecule has 0 saturated heterocycles. The van der Waals surface area contributed by atoms with Crippen molar-refractivity contribution in [1.29, 1.82) is 0 Å². The van der Waals surface area contributed by atoms with Crippen LogP contribution in [-0.2, 0) is 4.79 Å². The highest BCUT2D eigenvalue weighted by atomic mass is 79.9.